The molecule has 1 heterocycles. The van der Waals surface area contributed by atoms with Crippen LogP contribution in [0.3, 0.4) is 0 Å². The van der Waals surface area contributed by atoms with E-state index in [0.29, 0.717) is 18.2 Å². The van der Waals surface area contributed by atoms with Crippen LogP contribution in [0.15, 0.2) is 48.5 Å². The molecule has 0 fully saturated rings. The number of quaternary nitrogens is 1. The van der Waals surface area contributed by atoms with Crippen molar-refractivity contribution in [1.82, 2.24) is 0 Å². The lowest BCUT2D eigenvalue weighted by Gasteiger charge is -2.27. The maximum atomic E-state index is 10.2. The third kappa shape index (κ3) is 4.01. The van der Waals surface area contributed by atoms with Crippen molar-refractivity contribution in [2.75, 3.05) is 19.7 Å². The van der Waals surface area contributed by atoms with Crippen LogP contribution in [0.1, 0.15) is 11.1 Å². The highest BCUT2D eigenvalue weighted by molar-refractivity contribution is 6.30. The van der Waals surface area contributed by atoms with Crippen LogP contribution in [0.4, 0.5) is 0 Å². The van der Waals surface area contributed by atoms with Crippen molar-refractivity contribution in [2.45, 2.75) is 19.1 Å². The lowest BCUT2D eigenvalue weighted by molar-refractivity contribution is -0.918. The standard InChI is InChI=1S/C18H20ClNO2/c19-16-5-7-18(8-6-16)22-13-17(21)12-20-10-9-14-3-1-2-4-15(14)11-20/h1-8,17,21H,9-13H2/p+1/t17-/m1/s1. The molecule has 2 N–H and O–H groups in total. The summed E-state index contributed by atoms with van der Waals surface area (Å²) >= 11 is 5.84. The first-order valence-corrected chi connectivity index (χ1v) is 8.05. The second-order valence-electron chi connectivity index (χ2n) is 5.82. The Balaban J connectivity index is 1.48. The monoisotopic (exact) mass is 318 g/mol. The SMILES string of the molecule is O[C@@H](COc1ccc(Cl)cc1)C[NH+]1CCc2ccccc2C1. The average molecular weight is 319 g/mol. The molecule has 2 atom stereocenters. The molecule has 0 bridgehead atoms. The molecule has 0 saturated heterocycles. The number of ether oxygens (including phenoxy) is 1. The molecule has 116 valence electrons. The van der Waals surface area contributed by atoms with Gasteiger partial charge in [-0.2, -0.15) is 0 Å². The lowest BCUT2D eigenvalue weighted by Crippen LogP contribution is -3.13. The fourth-order valence-electron chi connectivity index (χ4n) is 2.93. The average Bonchev–Trinajstić information content (AvgIpc) is 2.54. The number of hydrogen-bond acceptors (Lipinski definition) is 2. The lowest BCUT2D eigenvalue weighted by atomic mass is 10.00. The predicted molar refractivity (Wildman–Crippen MR) is 87.5 cm³/mol. The van der Waals surface area contributed by atoms with Gasteiger partial charge in [0.25, 0.3) is 0 Å². The van der Waals surface area contributed by atoms with Crippen molar-refractivity contribution in [3.8, 4) is 5.75 Å². The summed E-state index contributed by atoms with van der Waals surface area (Å²) in [6.45, 7) is 3.07. The number of fused-ring (bicyclic) bond motifs is 1. The summed E-state index contributed by atoms with van der Waals surface area (Å²) in [6, 6.07) is 15.8. The summed E-state index contributed by atoms with van der Waals surface area (Å²) in [7, 11) is 0. The topological polar surface area (TPSA) is 33.9 Å². The van der Waals surface area contributed by atoms with Crippen LogP contribution in [-0.4, -0.2) is 30.9 Å². The van der Waals surface area contributed by atoms with Crippen LogP contribution in [0.5, 0.6) is 5.75 Å². The molecule has 2 aromatic rings. The third-order valence-electron chi connectivity index (χ3n) is 4.09. The van der Waals surface area contributed by atoms with Gasteiger partial charge < -0.3 is 14.7 Å². The molecule has 22 heavy (non-hydrogen) atoms. The second kappa shape index (κ2) is 7.14. The molecule has 3 rings (SSSR count). The van der Waals surface area contributed by atoms with Gasteiger partial charge in [-0.05, 0) is 29.8 Å². The fraction of sp³-hybridized carbons (Fsp3) is 0.333. The molecule has 0 aliphatic carbocycles. The minimum Gasteiger partial charge on any atom is -0.491 e. The molecule has 1 aliphatic rings. The van der Waals surface area contributed by atoms with Crippen LogP contribution in [-0.2, 0) is 13.0 Å². The Hall–Kier alpha value is -1.55. The van der Waals surface area contributed by atoms with Crippen molar-refractivity contribution in [1.29, 1.82) is 0 Å². The summed E-state index contributed by atoms with van der Waals surface area (Å²) in [5.74, 6) is 0.738. The van der Waals surface area contributed by atoms with E-state index < -0.39 is 6.10 Å². The number of rotatable bonds is 5. The van der Waals surface area contributed by atoms with E-state index in [-0.39, 0.29) is 0 Å². The van der Waals surface area contributed by atoms with E-state index in [1.807, 2.05) is 12.1 Å². The van der Waals surface area contributed by atoms with Crippen LogP contribution in [0.2, 0.25) is 5.02 Å². The maximum absolute atomic E-state index is 10.2. The van der Waals surface area contributed by atoms with Crippen LogP contribution < -0.4 is 9.64 Å². The Kier molecular flexibility index (Phi) is 4.98. The summed E-state index contributed by atoms with van der Waals surface area (Å²) < 4.78 is 5.61. The smallest absolute Gasteiger partial charge is 0.137 e. The Morgan fingerprint density at radius 1 is 1.09 bits per heavy atom. The van der Waals surface area contributed by atoms with Crippen LogP contribution in [0.25, 0.3) is 0 Å². The summed E-state index contributed by atoms with van der Waals surface area (Å²) in [6.07, 6.45) is 0.618. The molecule has 1 aliphatic heterocycles. The number of aliphatic hydroxyl groups excluding tert-OH is 1. The quantitative estimate of drug-likeness (QED) is 0.880. The van der Waals surface area contributed by atoms with E-state index in [1.165, 1.54) is 16.0 Å². The Labute approximate surface area is 136 Å². The van der Waals surface area contributed by atoms with E-state index >= 15 is 0 Å². The first-order chi connectivity index (χ1) is 10.7. The summed E-state index contributed by atoms with van der Waals surface area (Å²) in [4.78, 5) is 1.41. The zero-order valence-electron chi connectivity index (χ0n) is 12.5. The van der Waals surface area contributed by atoms with Gasteiger partial charge in [-0.25, -0.2) is 0 Å². The number of aliphatic hydroxyl groups is 1. The molecule has 4 heteroatoms. The highest BCUT2D eigenvalue weighted by Crippen LogP contribution is 2.15. The molecule has 0 aromatic heterocycles. The van der Waals surface area contributed by atoms with Crippen molar-refractivity contribution >= 4 is 11.6 Å². The maximum Gasteiger partial charge on any atom is 0.137 e. The highest BCUT2D eigenvalue weighted by Gasteiger charge is 2.21. The molecular weight excluding hydrogens is 298 g/mol. The zero-order valence-corrected chi connectivity index (χ0v) is 13.2. The predicted octanol–water partition coefficient (Wildman–Crippen LogP) is 1.72. The molecule has 0 radical (unpaired) electrons. The van der Waals surface area contributed by atoms with Gasteiger partial charge in [-0.1, -0.05) is 35.9 Å². The van der Waals surface area contributed by atoms with Gasteiger partial charge in [0.2, 0.25) is 0 Å². The fourth-order valence-corrected chi connectivity index (χ4v) is 3.06. The summed E-state index contributed by atoms with van der Waals surface area (Å²) in [5, 5.41) is 10.9. The molecule has 0 spiro atoms. The van der Waals surface area contributed by atoms with Crippen LogP contribution >= 0.6 is 11.6 Å². The van der Waals surface area contributed by atoms with Gasteiger partial charge in [-0.15, -0.1) is 0 Å². The van der Waals surface area contributed by atoms with Gasteiger partial charge >= 0.3 is 0 Å². The van der Waals surface area contributed by atoms with Gasteiger partial charge in [0.15, 0.2) is 0 Å². The van der Waals surface area contributed by atoms with E-state index in [0.717, 1.165) is 25.3 Å². The molecule has 0 amide bonds. The second-order valence-corrected chi connectivity index (χ2v) is 6.25. The van der Waals surface area contributed by atoms with E-state index in [2.05, 4.69) is 24.3 Å². The molecule has 3 nitrogen and oxygen atoms in total. The van der Waals surface area contributed by atoms with Gasteiger partial charge in [-0.3, -0.25) is 0 Å². The summed E-state index contributed by atoms with van der Waals surface area (Å²) in [5.41, 5.74) is 2.84. The molecule has 1 unspecified atom stereocenters. The number of halogens is 1. The van der Waals surface area contributed by atoms with Crippen molar-refractivity contribution < 1.29 is 14.7 Å². The third-order valence-corrected chi connectivity index (χ3v) is 4.34. The molecule has 0 saturated carbocycles. The number of nitrogens with one attached hydrogen (secondary N) is 1. The minimum atomic E-state index is -0.462. The van der Waals surface area contributed by atoms with Crippen molar-refractivity contribution in [3.05, 3.63) is 64.7 Å². The van der Waals surface area contributed by atoms with Crippen molar-refractivity contribution in [3.63, 3.8) is 0 Å². The zero-order chi connectivity index (χ0) is 15.4. The first-order valence-electron chi connectivity index (χ1n) is 7.67. The normalized spacial score (nSPS) is 18.5. The minimum absolute atomic E-state index is 0.312. The van der Waals surface area contributed by atoms with E-state index in [1.54, 1.807) is 12.1 Å². The van der Waals surface area contributed by atoms with Gasteiger partial charge in [0.05, 0.1) is 6.54 Å². The number of benzene rings is 2. The van der Waals surface area contributed by atoms with Crippen molar-refractivity contribution in [2.24, 2.45) is 0 Å². The Morgan fingerprint density at radius 3 is 2.59 bits per heavy atom. The van der Waals surface area contributed by atoms with Crippen LogP contribution in [0, 0.1) is 0 Å². The first kappa shape index (κ1) is 15.3. The van der Waals surface area contributed by atoms with Gasteiger partial charge in [0.1, 0.15) is 31.5 Å². The highest BCUT2D eigenvalue weighted by atomic mass is 35.5. The number of hydrogen-bond donors (Lipinski definition) is 2. The van der Waals surface area contributed by atoms with E-state index in [9.17, 15) is 5.11 Å². The Bertz CT molecular complexity index is 615. The van der Waals surface area contributed by atoms with E-state index in [4.69, 9.17) is 16.3 Å². The van der Waals surface area contributed by atoms with Gasteiger partial charge in [0, 0.05) is 17.0 Å². The largest absolute Gasteiger partial charge is 0.491 e. The molecule has 2 aromatic carbocycles. The Morgan fingerprint density at radius 2 is 1.82 bits per heavy atom. The molecular formula is C18H21ClNO2+.